The van der Waals surface area contributed by atoms with E-state index in [2.05, 4.69) is 81.5 Å². The number of hydrogen-bond acceptors (Lipinski definition) is 5. The van der Waals surface area contributed by atoms with Crippen LogP contribution in [-0.4, -0.2) is 37.9 Å². The van der Waals surface area contributed by atoms with Crippen molar-refractivity contribution in [2.24, 2.45) is 0 Å². The molecule has 0 aromatic rings. The summed E-state index contributed by atoms with van der Waals surface area (Å²) >= 11 is 0. The molecule has 0 heterocycles. The van der Waals surface area contributed by atoms with Crippen molar-refractivity contribution in [1.82, 2.24) is 0 Å². The van der Waals surface area contributed by atoms with Crippen molar-refractivity contribution in [1.29, 1.82) is 0 Å². The zero-order valence-electron chi connectivity index (χ0n) is 49.9. The van der Waals surface area contributed by atoms with Crippen LogP contribution in [0.2, 0.25) is 0 Å². The summed E-state index contributed by atoms with van der Waals surface area (Å²) in [4.78, 5) is 25.7. The average Bonchev–Trinajstić information content (AvgIpc) is 3.40. The molecule has 432 valence electrons. The number of carbonyl (C=O) groups excluding carboxylic acids is 2. The molecule has 1 atom stereocenters. The van der Waals surface area contributed by atoms with Gasteiger partial charge in [-0.05, 0) is 83.5 Å². The SMILES string of the molecule is CC/C=C\C/C=C\C/C=C\C/C=C\CCCCCCCCC(=O)OCC(COCCCCCCCCCCCC/C=C\CCCCCCCC)OC(=O)CCCCCCCCCCCCCCCCCCCCC. The highest BCUT2D eigenvalue weighted by Crippen LogP contribution is 2.17. The topological polar surface area (TPSA) is 61.8 Å². The van der Waals surface area contributed by atoms with Crippen LogP contribution in [0.4, 0.5) is 0 Å². The Kier molecular flexibility index (Phi) is 62.8. The number of allylic oxidation sites excluding steroid dienone is 10. The molecule has 0 N–H and O–H groups in total. The molecule has 0 aromatic carbocycles. The molecule has 0 radical (unpaired) electrons. The van der Waals surface area contributed by atoms with Gasteiger partial charge in [0.25, 0.3) is 0 Å². The number of unbranched alkanes of at least 4 members (excludes halogenated alkanes) is 40. The van der Waals surface area contributed by atoms with Crippen molar-refractivity contribution in [3.05, 3.63) is 60.8 Å². The Labute approximate surface area is 462 Å². The third kappa shape index (κ3) is 62.1. The van der Waals surface area contributed by atoms with Crippen molar-refractivity contribution in [2.75, 3.05) is 19.8 Å². The van der Waals surface area contributed by atoms with Crippen LogP contribution in [0.15, 0.2) is 60.8 Å². The number of rotatable bonds is 61. The lowest BCUT2D eigenvalue weighted by Gasteiger charge is -2.18. The summed E-state index contributed by atoms with van der Waals surface area (Å²) in [6, 6.07) is 0. The molecule has 0 rings (SSSR count). The lowest BCUT2D eigenvalue weighted by atomic mass is 10.0. The zero-order chi connectivity index (χ0) is 53.4. The summed E-state index contributed by atoms with van der Waals surface area (Å²) in [6.07, 6.45) is 84.1. The lowest BCUT2D eigenvalue weighted by molar-refractivity contribution is -0.163. The van der Waals surface area contributed by atoms with E-state index in [4.69, 9.17) is 14.2 Å². The minimum atomic E-state index is -0.543. The van der Waals surface area contributed by atoms with Crippen LogP contribution in [0.25, 0.3) is 0 Å². The van der Waals surface area contributed by atoms with Gasteiger partial charge in [-0.2, -0.15) is 0 Å². The molecule has 5 nitrogen and oxygen atoms in total. The number of carbonyl (C=O) groups is 2. The summed E-state index contributed by atoms with van der Waals surface area (Å²) < 4.78 is 17.6. The minimum Gasteiger partial charge on any atom is -0.462 e. The monoisotopic (exact) mass is 1030 g/mol. The van der Waals surface area contributed by atoms with Crippen LogP contribution >= 0.6 is 0 Å². The van der Waals surface area contributed by atoms with E-state index in [0.29, 0.717) is 19.4 Å². The molecule has 0 bridgehead atoms. The van der Waals surface area contributed by atoms with Gasteiger partial charge in [0.05, 0.1) is 6.61 Å². The molecule has 74 heavy (non-hydrogen) atoms. The third-order valence-corrected chi connectivity index (χ3v) is 14.5. The molecule has 0 saturated carbocycles. The van der Waals surface area contributed by atoms with Crippen LogP contribution in [0.5, 0.6) is 0 Å². The van der Waals surface area contributed by atoms with Crippen molar-refractivity contribution < 1.29 is 23.8 Å². The predicted octanol–water partition coefficient (Wildman–Crippen LogP) is 22.8. The van der Waals surface area contributed by atoms with Gasteiger partial charge in [-0.15, -0.1) is 0 Å². The van der Waals surface area contributed by atoms with Gasteiger partial charge in [-0.3, -0.25) is 9.59 Å². The molecule has 0 fully saturated rings. The fourth-order valence-electron chi connectivity index (χ4n) is 9.68. The van der Waals surface area contributed by atoms with E-state index in [1.807, 2.05) is 0 Å². The van der Waals surface area contributed by atoms with E-state index in [9.17, 15) is 9.59 Å². The second-order valence-corrected chi connectivity index (χ2v) is 22.0. The quantitative estimate of drug-likeness (QED) is 0.0345. The van der Waals surface area contributed by atoms with Gasteiger partial charge in [0, 0.05) is 19.4 Å². The van der Waals surface area contributed by atoms with Crippen molar-refractivity contribution in [3.8, 4) is 0 Å². The highest BCUT2D eigenvalue weighted by molar-refractivity contribution is 5.70. The molecule has 0 aromatic heterocycles. The molecule has 0 aliphatic rings. The van der Waals surface area contributed by atoms with Crippen molar-refractivity contribution in [3.63, 3.8) is 0 Å². The lowest BCUT2D eigenvalue weighted by Crippen LogP contribution is -2.30. The minimum absolute atomic E-state index is 0.0804. The van der Waals surface area contributed by atoms with E-state index in [0.717, 1.165) is 77.0 Å². The fourth-order valence-corrected chi connectivity index (χ4v) is 9.68. The van der Waals surface area contributed by atoms with E-state index in [1.165, 1.54) is 231 Å². The first-order valence-corrected chi connectivity index (χ1v) is 32.8. The molecule has 5 heteroatoms. The van der Waals surface area contributed by atoms with Gasteiger partial charge in [-0.25, -0.2) is 0 Å². The van der Waals surface area contributed by atoms with Crippen LogP contribution in [-0.2, 0) is 23.8 Å². The number of esters is 2. The molecule has 0 aliphatic heterocycles. The molecule has 0 aliphatic carbocycles. The molecular formula is C69H126O5. The summed E-state index contributed by atoms with van der Waals surface area (Å²) in [7, 11) is 0. The maximum absolute atomic E-state index is 12.9. The second kappa shape index (κ2) is 64.9. The van der Waals surface area contributed by atoms with Crippen LogP contribution in [0.3, 0.4) is 0 Å². The highest BCUT2D eigenvalue weighted by Gasteiger charge is 2.18. The molecular weight excluding hydrogens is 909 g/mol. The average molecular weight is 1040 g/mol. The Morgan fingerprint density at radius 3 is 0.986 bits per heavy atom. The number of hydrogen-bond donors (Lipinski definition) is 0. The standard InChI is InChI=1S/C69H126O5/c1-4-7-10-13-16-19-22-25-28-31-34-37-40-43-46-49-52-55-58-61-64-72-65-67(74-69(71)63-60-57-54-51-48-45-42-39-36-33-30-27-24-21-18-15-12-9-6-3)66-73-68(70)62-59-56-53-50-47-44-41-38-35-32-29-26-23-20-17-14-11-8-5-2/h8,11,17,20,25-26,28-29,35,38,67H,4-7,9-10,12-16,18-19,21-24,27,30-34,36-37,39-66H2,1-3H3/b11-8-,20-17-,28-25-,29-26-,38-35-. The number of ether oxygens (including phenoxy) is 3. The Morgan fingerprint density at radius 1 is 0.311 bits per heavy atom. The molecule has 0 saturated heterocycles. The highest BCUT2D eigenvalue weighted by atomic mass is 16.6. The van der Waals surface area contributed by atoms with Crippen LogP contribution in [0.1, 0.15) is 342 Å². The van der Waals surface area contributed by atoms with Crippen molar-refractivity contribution >= 4 is 11.9 Å². The van der Waals surface area contributed by atoms with Gasteiger partial charge >= 0.3 is 11.9 Å². The Hall–Kier alpha value is -2.40. The summed E-state index contributed by atoms with van der Waals surface area (Å²) in [5.74, 6) is -0.394. The smallest absolute Gasteiger partial charge is 0.306 e. The maximum Gasteiger partial charge on any atom is 0.306 e. The molecule has 1 unspecified atom stereocenters. The largest absolute Gasteiger partial charge is 0.462 e. The van der Waals surface area contributed by atoms with Crippen molar-refractivity contribution in [2.45, 2.75) is 348 Å². The van der Waals surface area contributed by atoms with Crippen LogP contribution in [0, 0.1) is 0 Å². The van der Waals surface area contributed by atoms with Gasteiger partial charge in [0.1, 0.15) is 6.61 Å². The van der Waals surface area contributed by atoms with E-state index in [-0.39, 0.29) is 25.2 Å². The normalized spacial score (nSPS) is 12.5. The van der Waals surface area contributed by atoms with Gasteiger partial charge in [-0.1, -0.05) is 306 Å². The Balaban J connectivity index is 4.27. The van der Waals surface area contributed by atoms with Crippen LogP contribution < -0.4 is 0 Å². The maximum atomic E-state index is 12.9. The first-order chi connectivity index (χ1) is 36.6. The summed E-state index contributed by atoms with van der Waals surface area (Å²) in [5.41, 5.74) is 0. The first kappa shape index (κ1) is 71.6. The summed E-state index contributed by atoms with van der Waals surface area (Å²) in [5, 5.41) is 0. The van der Waals surface area contributed by atoms with Gasteiger partial charge < -0.3 is 14.2 Å². The van der Waals surface area contributed by atoms with E-state index >= 15 is 0 Å². The van der Waals surface area contributed by atoms with E-state index < -0.39 is 6.10 Å². The summed E-state index contributed by atoms with van der Waals surface area (Å²) in [6.45, 7) is 7.76. The molecule has 0 spiro atoms. The Bertz CT molecular complexity index is 1260. The van der Waals surface area contributed by atoms with E-state index in [1.54, 1.807) is 0 Å². The Morgan fingerprint density at radius 2 is 0.608 bits per heavy atom. The predicted molar refractivity (Wildman–Crippen MR) is 325 cm³/mol. The fraction of sp³-hybridized carbons (Fsp3) is 0.826. The van der Waals surface area contributed by atoms with Gasteiger partial charge in [0.15, 0.2) is 6.10 Å². The first-order valence-electron chi connectivity index (χ1n) is 32.8. The third-order valence-electron chi connectivity index (χ3n) is 14.5. The second-order valence-electron chi connectivity index (χ2n) is 22.0. The molecule has 0 amide bonds. The zero-order valence-corrected chi connectivity index (χ0v) is 49.9. The van der Waals surface area contributed by atoms with Gasteiger partial charge in [0.2, 0.25) is 0 Å².